The van der Waals surface area contributed by atoms with E-state index < -0.39 is 23.7 Å². The third kappa shape index (κ3) is 5.40. The van der Waals surface area contributed by atoms with E-state index in [4.69, 9.17) is 0 Å². The zero-order chi connectivity index (χ0) is 19.5. The van der Waals surface area contributed by atoms with E-state index in [0.717, 1.165) is 26.2 Å². The van der Waals surface area contributed by atoms with Gasteiger partial charge in [0.2, 0.25) is 0 Å². The van der Waals surface area contributed by atoms with Crippen LogP contribution in [0.4, 0.5) is 0 Å². The van der Waals surface area contributed by atoms with Crippen molar-refractivity contribution in [3.63, 3.8) is 0 Å². The standard InChI is InChI=1S/C16H34N6O4/c1-15(2,13-17-5-7-21(13)9-11(23)24)19-20-16(3,4)14-18-6-8-22(14)10-12(25)26/h11-14,17-18,23-26H,5-10H2,1-4H3. The number of aliphatic hydroxyl groups is 4. The zero-order valence-electron chi connectivity index (χ0n) is 16.1. The predicted octanol–water partition coefficient (Wildman–Crippen LogP) is -1.92. The van der Waals surface area contributed by atoms with Gasteiger partial charge in [-0.2, -0.15) is 10.2 Å². The molecule has 0 aliphatic carbocycles. The van der Waals surface area contributed by atoms with Gasteiger partial charge < -0.3 is 20.4 Å². The van der Waals surface area contributed by atoms with Crippen molar-refractivity contribution in [3.8, 4) is 0 Å². The summed E-state index contributed by atoms with van der Waals surface area (Å²) in [7, 11) is 0. The summed E-state index contributed by atoms with van der Waals surface area (Å²) in [6.07, 6.45) is -3.06. The Bertz CT molecular complexity index is 443. The summed E-state index contributed by atoms with van der Waals surface area (Å²) in [5, 5.41) is 53.0. The second-order valence-electron chi connectivity index (χ2n) is 8.17. The van der Waals surface area contributed by atoms with Gasteiger partial charge in [-0.05, 0) is 27.7 Å². The molecule has 0 amide bonds. The van der Waals surface area contributed by atoms with Crippen molar-refractivity contribution >= 4 is 0 Å². The Morgan fingerprint density at radius 3 is 1.46 bits per heavy atom. The number of hydrogen-bond donors (Lipinski definition) is 6. The summed E-state index contributed by atoms with van der Waals surface area (Å²) in [5.41, 5.74) is -1.13. The minimum absolute atomic E-state index is 0.143. The van der Waals surface area contributed by atoms with Gasteiger partial charge in [-0.1, -0.05) is 0 Å². The van der Waals surface area contributed by atoms with Crippen molar-refractivity contribution in [3.05, 3.63) is 0 Å². The molecule has 2 atom stereocenters. The molecule has 0 saturated carbocycles. The van der Waals surface area contributed by atoms with Crippen LogP contribution in [-0.4, -0.2) is 105 Å². The van der Waals surface area contributed by atoms with Gasteiger partial charge in [0.25, 0.3) is 0 Å². The molecule has 26 heavy (non-hydrogen) atoms. The smallest absolute Gasteiger partial charge is 0.164 e. The number of rotatable bonds is 8. The molecule has 2 unspecified atom stereocenters. The van der Waals surface area contributed by atoms with Crippen LogP contribution < -0.4 is 10.6 Å². The van der Waals surface area contributed by atoms with E-state index in [1.165, 1.54) is 0 Å². The molecule has 0 aromatic heterocycles. The summed E-state index contributed by atoms with van der Waals surface area (Å²) in [6.45, 7) is 11.1. The molecule has 152 valence electrons. The maximum Gasteiger partial charge on any atom is 0.164 e. The van der Waals surface area contributed by atoms with Crippen LogP contribution in [0.5, 0.6) is 0 Å². The third-order valence-corrected chi connectivity index (χ3v) is 4.90. The molecule has 2 aliphatic heterocycles. The first-order chi connectivity index (χ1) is 12.0. The zero-order valence-corrected chi connectivity index (χ0v) is 16.1. The van der Waals surface area contributed by atoms with E-state index in [9.17, 15) is 20.4 Å². The fourth-order valence-electron chi connectivity index (χ4n) is 3.78. The van der Waals surface area contributed by atoms with Crippen LogP contribution >= 0.6 is 0 Å². The molecule has 2 saturated heterocycles. The van der Waals surface area contributed by atoms with Crippen molar-refractivity contribution < 1.29 is 20.4 Å². The molecule has 2 aliphatic rings. The molecule has 0 spiro atoms. The molecule has 2 fully saturated rings. The van der Waals surface area contributed by atoms with E-state index in [-0.39, 0.29) is 25.4 Å². The summed E-state index contributed by atoms with van der Waals surface area (Å²) in [6, 6.07) is 0. The Morgan fingerprint density at radius 2 is 1.15 bits per heavy atom. The molecule has 2 rings (SSSR count). The molecule has 0 aromatic carbocycles. The Hall–Kier alpha value is -0.720. The number of β-amino-alcohol motifs (C(OH)–C–C–N with tert-alkyl or cyclic N) is 4. The van der Waals surface area contributed by atoms with Gasteiger partial charge in [0, 0.05) is 26.2 Å². The SMILES string of the molecule is CC(C)(N=NC(C)(C)C1NCCN1CC(O)O)C1NCCN1CC(O)O. The van der Waals surface area contributed by atoms with Gasteiger partial charge in [-0.25, -0.2) is 0 Å². The largest absolute Gasteiger partial charge is 0.367 e. The summed E-state index contributed by atoms with van der Waals surface area (Å²) < 4.78 is 0. The van der Waals surface area contributed by atoms with Gasteiger partial charge in [0.05, 0.1) is 25.4 Å². The predicted molar refractivity (Wildman–Crippen MR) is 96.2 cm³/mol. The lowest BCUT2D eigenvalue weighted by Gasteiger charge is -2.37. The Kier molecular flexibility index (Phi) is 7.08. The molecular formula is C16H34N6O4. The van der Waals surface area contributed by atoms with Crippen LogP contribution in [0.25, 0.3) is 0 Å². The van der Waals surface area contributed by atoms with Gasteiger partial charge in [-0.3, -0.25) is 20.4 Å². The van der Waals surface area contributed by atoms with Gasteiger partial charge in [-0.15, -0.1) is 0 Å². The van der Waals surface area contributed by atoms with Crippen molar-refractivity contribution in [1.82, 2.24) is 20.4 Å². The molecule has 2 heterocycles. The van der Waals surface area contributed by atoms with Crippen LogP contribution in [0.1, 0.15) is 27.7 Å². The highest BCUT2D eigenvalue weighted by Gasteiger charge is 2.41. The highest BCUT2D eigenvalue weighted by Crippen LogP contribution is 2.27. The van der Waals surface area contributed by atoms with E-state index in [0.29, 0.717) is 0 Å². The maximum absolute atomic E-state index is 9.28. The lowest BCUT2D eigenvalue weighted by atomic mass is 10.0. The minimum Gasteiger partial charge on any atom is -0.367 e. The van der Waals surface area contributed by atoms with Crippen LogP contribution in [0.15, 0.2) is 10.2 Å². The Morgan fingerprint density at radius 1 is 0.808 bits per heavy atom. The van der Waals surface area contributed by atoms with Crippen LogP contribution in [0, 0.1) is 0 Å². The molecular weight excluding hydrogens is 340 g/mol. The monoisotopic (exact) mass is 374 g/mol. The van der Waals surface area contributed by atoms with Gasteiger partial charge in [0.15, 0.2) is 12.6 Å². The lowest BCUT2D eigenvalue weighted by molar-refractivity contribution is -0.0695. The molecule has 0 bridgehead atoms. The minimum atomic E-state index is -1.39. The number of nitrogens with zero attached hydrogens (tertiary/aromatic N) is 4. The van der Waals surface area contributed by atoms with Crippen LogP contribution in [0.3, 0.4) is 0 Å². The quantitative estimate of drug-likeness (QED) is 0.214. The maximum atomic E-state index is 9.28. The number of aliphatic hydroxyl groups excluding tert-OH is 2. The van der Waals surface area contributed by atoms with Crippen LogP contribution in [-0.2, 0) is 0 Å². The highest BCUT2D eigenvalue weighted by atomic mass is 16.5. The molecule has 6 N–H and O–H groups in total. The molecule has 10 heteroatoms. The van der Waals surface area contributed by atoms with Gasteiger partial charge in [0.1, 0.15) is 11.1 Å². The number of nitrogens with one attached hydrogen (secondary N) is 2. The topological polar surface area (TPSA) is 136 Å². The summed E-state index contributed by atoms with van der Waals surface area (Å²) >= 11 is 0. The van der Waals surface area contributed by atoms with E-state index in [1.54, 1.807) is 0 Å². The number of azo groups is 1. The molecule has 0 aromatic rings. The Labute approximate surface area is 154 Å². The van der Waals surface area contributed by atoms with E-state index in [2.05, 4.69) is 20.9 Å². The fourth-order valence-corrected chi connectivity index (χ4v) is 3.78. The second-order valence-corrected chi connectivity index (χ2v) is 8.17. The molecule has 0 radical (unpaired) electrons. The average Bonchev–Trinajstić information content (AvgIpc) is 3.14. The van der Waals surface area contributed by atoms with E-state index >= 15 is 0 Å². The molecule has 10 nitrogen and oxygen atoms in total. The first-order valence-corrected chi connectivity index (χ1v) is 9.14. The summed E-state index contributed by atoms with van der Waals surface area (Å²) in [5.74, 6) is 0. The third-order valence-electron chi connectivity index (χ3n) is 4.90. The van der Waals surface area contributed by atoms with Crippen LogP contribution in [0.2, 0.25) is 0 Å². The lowest BCUT2D eigenvalue weighted by Crippen LogP contribution is -2.54. The summed E-state index contributed by atoms with van der Waals surface area (Å²) in [4.78, 5) is 3.91. The van der Waals surface area contributed by atoms with Crippen molar-refractivity contribution in [1.29, 1.82) is 0 Å². The highest BCUT2D eigenvalue weighted by molar-refractivity contribution is 4.98. The second kappa shape index (κ2) is 8.53. The normalized spacial score (nSPS) is 26.8. The first kappa shape index (κ1) is 21.6. The first-order valence-electron chi connectivity index (χ1n) is 9.14. The average molecular weight is 374 g/mol. The van der Waals surface area contributed by atoms with E-state index in [1.807, 2.05) is 37.5 Å². The Balaban J connectivity index is 2.07. The van der Waals surface area contributed by atoms with Crippen molar-refractivity contribution in [2.24, 2.45) is 10.2 Å². The van der Waals surface area contributed by atoms with Gasteiger partial charge >= 0.3 is 0 Å². The fraction of sp³-hybridized carbons (Fsp3) is 1.00. The van der Waals surface area contributed by atoms with Crippen molar-refractivity contribution in [2.45, 2.75) is 63.7 Å². The van der Waals surface area contributed by atoms with Crippen molar-refractivity contribution in [2.75, 3.05) is 39.3 Å². The number of hydrogen-bond acceptors (Lipinski definition) is 10.